The molecule has 2 amide bonds. The molecule has 9 nitrogen and oxygen atoms in total. The highest BCUT2D eigenvalue weighted by Crippen LogP contribution is 2.32. The molecule has 2 aromatic rings. The topological polar surface area (TPSA) is 106 Å². The summed E-state index contributed by atoms with van der Waals surface area (Å²) >= 11 is 0. The van der Waals surface area contributed by atoms with Crippen LogP contribution in [0.1, 0.15) is 52.4 Å². The molecule has 0 spiro atoms. The largest absolute Gasteiger partial charge is 0.494 e. The van der Waals surface area contributed by atoms with Crippen LogP contribution < -0.4 is 10.8 Å². The van der Waals surface area contributed by atoms with Crippen LogP contribution in [0, 0.1) is 5.92 Å². The minimum absolute atomic E-state index is 0.0723. The van der Waals surface area contributed by atoms with Gasteiger partial charge in [0.05, 0.1) is 37.3 Å². The van der Waals surface area contributed by atoms with E-state index in [2.05, 4.69) is 15.3 Å². The average molecular weight is 468 g/mol. The molecule has 3 heterocycles. The standard InChI is InChI=1S/C24H33BN4O5/c1-15(2)20(28-23(31)32-5)22(30)29-12-6-7-19(29)21-26-13-18(27-21)16-8-10-17(11-9-16)25-33-14-24(3,4)34-25/h8-11,13,15,19-20H,6-7,12,14H2,1-5H3,(H,26,27)(H,28,31)/t19?,20-/m0/s1. The number of imidazole rings is 1. The lowest BCUT2D eigenvalue weighted by molar-refractivity contribution is -0.135. The second-order valence-corrected chi connectivity index (χ2v) is 9.87. The van der Waals surface area contributed by atoms with E-state index in [9.17, 15) is 9.59 Å². The number of aromatic amines is 1. The Kier molecular flexibility index (Phi) is 7.00. The van der Waals surface area contributed by atoms with Crippen molar-refractivity contribution in [3.05, 3.63) is 36.3 Å². The summed E-state index contributed by atoms with van der Waals surface area (Å²) in [6, 6.07) is 7.20. The van der Waals surface area contributed by atoms with Gasteiger partial charge >= 0.3 is 13.2 Å². The minimum Gasteiger partial charge on any atom is -0.453 e. The van der Waals surface area contributed by atoms with Crippen LogP contribution in [0.25, 0.3) is 11.3 Å². The summed E-state index contributed by atoms with van der Waals surface area (Å²) in [5.74, 6) is 0.552. The van der Waals surface area contributed by atoms with Gasteiger partial charge in [0.1, 0.15) is 11.9 Å². The number of carbonyl (C=O) groups is 2. The second kappa shape index (κ2) is 9.80. The first kappa shape index (κ1) is 24.3. The molecule has 1 unspecified atom stereocenters. The lowest BCUT2D eigenvalue weighted by Crippen LogP contribution is -2.51. The second-order valence-electron chi connectivity index (χ2n) is 9.87. The van der Waals surface area contributed by atoms with Gasteiger partial charge in [-0.3, -0.25) is 4.79 Å². The van der Waals surface area contributed by atoms with Crippen molar-refractivity contribution in [3.63, 3.8) is 0 Å². The number of hydrogen-bond acceptors (Lipinski definition) is 6. The Bertz CT molecular complexity index is 1020. The summed E-state index contributed by atoms with van der Waals surface area (Å²) in [7, 11) is 0.938. The Morgan fingerprint density at radius 2 is 2.03 bits per heavy atom. The van der Waals surface area contributed by atoms with Crippen LogP contribution in [0.2, 0.25) is 0 Å². The number of H-pyrrole nitrogens is 1. The fraction of sp³-hybridized carbons (Fsp3) is 0.542. The summed E-state index contributed by atoms with van der Waals surface area (Å²) in [5, 5.41) is 2.68. The first-order valence-corrected chi connectivity index (χ1v) is 11.8. The van der Waals surface area contributed by atoms with Gasteiger partial charge in [0.2, 0.25) is 5.91 Å². The molecule has 182 valence electrons. The molecular weight excluding hydrogens is 435 g/mol. The Balaban J connectivity index is 1.47. The third kappa shape index (κ3) is 5.12. The van der Waals surface area contributed by atoms with Crippen molar-refractivity contribution in [3.8, 4) is 11.3 Å². The number of ether oxygens (including phenoxy) is 1. The van der Waals surface area contributed by atoms with E-state index in [-0.39, 0.29) is 30.6 Å². The molecule has 34 heavy (non-hydrogen) atoms. The van der Waals surface area contributed by atoms with E-state index in [4.69, 9.17) is 14.0 Å². The number of aromatic nitrogens is 2. The molecule has 2 aliphatic rings. The fourth-order valence-corrected chi connectivity index (χ4v) is 4.46. The van der Waals surface area contributed by atoms with Crippen molar-refractivity contribution in [2.75, 3.05) is 20.3 Å². The molecule has 2 fully saturated rings. The molecule has 0 aliphatic carbocycles. The van der Waals surface area contributed by atoms with Crippen molar-refractivity contribution in [1.82, 2.24) is 20.2 Å². The summed E-state index contributed by atoms with van der Waals surface area (Å²) in [5.41, 5.74) is 2.55. The Morgan fingerprint density at radius 3 is 2.65 bits per heavy atom. The maximum Gasteiger partial charge on any atom is 0.494 e. The monoisotopic (exact) mass is 468 g/mol. The van der Waals surface area contributed by atoms with Gasteiger partial charge in [-0.25, -0.2) is 9.78 Å². The number of likely N-dealkylation sites (tertiary alicyclic amines) is 1. The van der Waals surface area contributed by atoms with E-state index in [1.807, 2.05) is 56.9 Å². The molecule has 2 N–H and O–H groups in total. The number of methoxy groups -OCH3 is 1. The minimum atomic E-state index is -0.653. The number of carbonyl (C=O) groups excluding carboxylic acids is 2. The lowest BCUT2D eigenvalue weighted by atomic mass is 9.79. The predicted octanol–water partition coefficient (Wildman–Crippen LogP) is 2.64. The van der Waals surface area contributed by atoms with Crippen LogP contribution in [-0.2, 0) is 18.8 Å². The molecule has 10 heteroatoms. The molecule has 2 saturated heterocycles. The first-order chi connectivity index (χ1) is 16.2. The number of hydrogen-bond donors (Lipinski definition) is 2. The van der Waals surface area contributed by atoms with Gasteiger partial charge in [-0.1, -0.05) is 38.1 Å². The molecule has 4 rings (SSSR count). The van der Waals surface area contributed by atoms with Gasteiger partial charge < -0.3 is 29.2 Å². The van der Waals surface area contributed by atoms with E-state index in [0.29, 0.717) is 13.2 Å². The summed E-state index contributed by atoms with van der Waals surface area (Å²) in [6.07, 6.45) is 2.88. The summed E-state index contributed by atoms with van der Waals surface area (Å²) in [4.78, 5) is 34.9. The molecule has 2 atom stereocenters. The molecule has 2 aliphatic heterocycles. The van der Waals surface area contributed by atoms with E-state index < -0.39 is 12.1 Å². The molecule has 0 bridgehead atoms. The molecule has 0 radical (unpaired) electrons. The molecule has 1 aromatic heterocycles. The summed E-state index contributed by atoms with van der Waals surface area (Å²) < 4.78 is 16.4. The number of nitrogens with zero attached hydrogens (tertiary/aromatic N) is 2. The Labute approximate surface area is 200 Å². The summed E-state index contributed by atoms with van der Waals surface area (Å²) in [6.45, 7) is 9.02. The highest BCUT2D eigenvalue weighted by Gasteiger charge is 2.39. The number of alkyl carbamates (subject to hydrolysis) is 1. The number of nitrogens with one attached hydrogen (secondary N) is 2. The zero-order chi connectivity index (χ0) is 24.5. The van der Waals surface area contributed by atoms with Crippen molar-refractivity contribution >= 4 is 24.6 Å². The van der Waals surface area contributed by atoms with Gasteiger partial charge in [-0.15, -0.1) is 0 Å². The third-order valence-electron chi connectivity index (χ3n) is 6.34. The van der Waals surface area contributed by atoms with Gasteiger partial charge in [0.25, 0.3) is 0 Å². The zero-order valence-electron chi connectivity index (χ0n) is 20.5. The van der Waals surface area contributed by atoms with Gasteiger partial charge in [0.15, 0.2) is 0 Å². The fourth-order valence-electron chi connectivity index (χ4n) is 4.46. The molecular formula is C24H33BN4O5. The number of amides is 2. The van der Waals surface area contributed by atoms with Crippen LogP contribution in [0.4, 0.5) is 4.79 Å². The maximum atomic E-state index is 13.3. The van der Waals surface area contributed by atoms with E-state index >= 15 is 0 Å². The van der Waals surface area contributed by atoms with Gasteiger partial charge in [-0.2, -0.15) is 0 Å². The highest BCUT2D eigenvalue weighted by molar-refractivity contribution is 6.61. The van der Waals surface area contributed by atoms with Crippen LogP contribution in [-0.4, -0.2) is 65.9 Å². The van der Waals surface area contributed by atoms with E-state index in [1.165, 1.54) is 7.11 Å². The van der Waals surface area contributed by atoms with Crippen LogP contribution in [0.5, 0.6) is 0 Å². The van der Waals surface area contributed by atoms with Crippen molar-refractivity contribution in [1.29, 1.82) is 0 Å². The number of rotatable bonds is 6. The average Bonchev–Trinajstić information content (AvgIpc) is 3.55. The maximum absolute atomic E-state index is 13.3. The van der Waals surface area contributed by atoms with Crippen molar-refractivity contribution in [2.45, 2.75) is 58.2 Å². The van der Waals surface area contributed by atoms with Crippen LogP contribution in [0.15, 0.2) is 30.5 Å². The smallest absolute Gasteiger partial charge is 0.453 e. The zero-order valence-corrected chi connectivity index (χ0v) is 20.5. The Hall–Kier alpha value is -2.85. The highest BCUT2D eigenvalue weighted by atomic mass is 16.7. The van der Waals surface area contributed by atoms with Gasteiger partial charge in [0, 0.05) is 6.54 Å². The SMILES string of the molecule is COC(=O)N[C@H](C(=O)N1CCCC1c1ncc(-c2ccc(B3OCC(C)(C)O3)cc2)[nH]1)C(C)C. The molecule has 1 aromatic carbocycles. The normalized spacial score (nSPS) is 20.6. The van der Waals surface area contributed by atoms with Crippen molar-refractivity contribution < 1.29 is 23.6 Å². The predicted molar refractivity (Wildman–Crippen MR) is 128 cm³/mol. The quantitative estimate of drug-likeness (QED) is 0.632. The molecule has 0 saturated carbocycles. The van der Waals surface area contributed by atoms with Gasteiger partial charge in [-0.05, 0) is 43.6 Å². The van der Waals surface area contributed by atoms with Crippen LogP contribution in [0.3, 0.4) is 0 Å². The van der Waals surface area contributed by atoms with Crippen molar-refractivity contribution in [2.24, 2.45) is 5.92 Å². The number of benzene rings is 1. The first-order valence-electron chi connectivity index (χ1n) is 11.8. The van der Waals surface area contributed by atoms with E-state index in [1.54, 1.807) is 6.20 Å². The third-order valence-corrected chi connectivity index (χ3v) is 6.34. The Morgan fingerprint density at radius 1 is 1.29 bits per heavy atom. The van der Waals surface area contributed by atoms with E-state index in [0.717, 1.165) is 35.4 Å². The lowest BCUT2D eigenvalue weighted by Gasteiger charge is -2.30. The van der Waals surface area contributed by atoms with Crippen LogP contribution >= 0.6 is 0 Å².